The van der Waals surface area contributed by atoms with Gasteiger partial charge in [0.25, 0.3) is 0 Å². The molecule has 1 aliphatic rings. The van der Waals surface area contributed by atoms with E-state index in [2.05, 4.69) is 0 Å². The summed E-state index contributed by atoms with van der Waals surface area (Å²) in [4.78, 5) is 10.8. The lowest BCUT2D eigenvalue weighted by molar-refractivity contribution is -0.205. The molecule has 0 aromatic carbocycles. The summed E-state index contributed by atoms with van der Waals surface area (Å²) in [6, 6.07) is 0. The maximum Gasteiger partial charge on any atom is 0.132 e. The molecule has 0 aromatic heterocycles. The molecule has 1 aliphatic heterocycles. The van der Waals surface area contributed by atoms with E-state index in [-0.39, 0.29) is 5.78 Å². The van der Waals surface area contributed by atoms with E-state index in [1.54, 1.807) is 6.92 Å². The van der Waals surface area contributed by atoms with Crippen LogP contribution >= 0.6 is 11.8 Å². The normalized spacial score (nSPS) is 35.3. The molecule has 1 heterocycles. The predicted molar refractivity (Wildman–Crippen MR) is 70.8 cm³/mol. The van der Waals surface area contributed by atoms with E-state index in [1.807, 2.05) is 0 Å². The fraction of sp³-hybridized carbons (Fsp3) is 0.917. The predicted octanol–water partition coefficient (Wildman–Crippen LogP) is -0.721. The molecule has 7 heteroatoms. The van der Waals surface area contributed by atoms with Crippen molar-refractivity contribution in [2.24, 2.45) is 0 Å². The summed E-state index contributed by atoms with van der Waals surface area (Å²) in [5.41, 5.74) is -0.673. The summed E-state index contributed by atoms with van der Waals surface area (Å²) in [6.07, 6.45) is -2.55. The Kier molecular flexibility index (Phi) is 7.27. The summed E-state index contributed by atoms with van der Waals surface area (Å²) in [5.74, 6) is 0.827. The summed E-state index contributed by atoms with van der Waals surface area (Å²) >= 11 is 1.32. The van der Waals surface area contributed by atoms with Crippen LogP contribution in [0.2, 0.25) is 0 Å². The van der Waals surface area contributed by atoms with Crippen LogP contribution in [-0.2, 0) is 9.53 Å². The lowest BCUT2D eigenvalue weighted by Crippen LogP contribution is -2.57. The first-order valence-electron chi connectivity index (χ1n) is 6.39. The number of carbonyl (C=O) groups excluding carboxylic acids is 1. The zero-order chi connectivity index (χ0) is 14.4. The van der Waals surface area contributed by atoms with Gasteiger partial charge in [-0.3, -0.25) is 0 Å². The van der Waals surface area contributed by atoms with Crippen molar-refractivity contribution in [1.82, 2.24) is 0 Å². The number of ether oxygens (including phenoxy) is 1. The third kappa shape index (κ3) is 5.02. The van der Waals surface area contributed by atoms with Gasteiger partial charge in [0, 0.05) is 6.42 Å². The summed E-state index contributed by atoms with van der Waals surface area (Å²) in [6.45, 7) is 1.14. The van der Waals surface area contributed by atoms with Gasteiger partial charge in [0.15, 0.2) is 0 Å². The highest BCUT2D eigenvalue weighted by molar-refractivity contribution is 7.99. The minimum atomic E-state index is -1.32. The van der Waals surface area contributed by atoms with Gasteiger partial charge >= 0.3 is 0 Å². The largest absolute Gasteiger partial charge is 0.394 e. The molecule has 1 saturated heterocycles. The van der Waals surface area contributed by atoms with E-state index in [1.165, 1.54) is 11.8 Å². The van der Waals surface area contributed by atoms with E-state index in [9.17, 15) is 20.1 Å². The van der Waals surface area contributed by atoms with Crippen LogP contribution in [0.1, 0.15) is 26.2 Å². The van der Waals surface area contributed by atoms with Crippen LogP contribution in [0.15, 0.2) is 0 Å². The second-order valence-electron chi connectivity index (χ2n) is 4.73. The number of ketones is 1. The molecule has 0 aromatic rings. The van der Waals surface area contributed by atoms with Gasteiger partial charge in [-0.15, -0.1) is 11.8 Å². The smallest absolute Gasteiger partial charge is 0.132 e. The van der Waals surface area contributed by atoms with E-state index in [0.29, 0.717) is 12.2 Å². The third-order valence-electron chi connectivity index (χ3n) is 3.05. The van der Waals surface area contributed by atoms with E-state index in [0.717, 1.165) is 12.8 Å². The molecule has 4 N–H and O–H groups in total. The molecule has 0 aliphatic carbocycles. The topological polar surface area (TPSA) is 107 Å². The van der Waals surface area contributed by atoms with Gasteiger partial charge in [0.2, 0.25) is 0 Å². The van der Waals surface area contributed by atoms with Gasteiger partial charge in [-0.05, 0) is 25.5 Å². The Balaban J connectivity index is 2.33. The maximum atomic E-state index is 10.8. The molecule has 1 rings (SSSR count). The third-order valence-corrected chi connectivity index (χ3v) is 4.30. The van der Waals surface area contributed by atoms with Crippen molar-refractivity contribution in [3.05, 3.63) is 0 Å². The van der Waals surface area contributed by atoms with Crippen LogP contribution in [0.25, 0.3) is 0 Å². The molecule has 6 nitrogen and oxygen atoms in total. The molecule has 0 bridgehead atoms. The molecule has 0 spiro atoms. The number of unbranched alkanes of at least 4 members (excludes halogenated alkanes) is 1. The van der Waals surface area contributed by atoms with Crippen molar-refractivity contribution in [1.29, 1.82) is 0 Å². The van der Waals surface area contributed by atoms with Crippen molar-refractivity contribution in [3.8, 4) is 0 Å². The van der Waals surface area contributed by atoms with Crippen LogP contribution in [0.5, 0.6) is 0 Å². The lowest BCUT2D eigenvalue weighted by atomic mass is 10.0. The maximum absolute atomic E-state index is 10.8. The highest BCUT2D eigenvalue weighted by atomic mass is 32.2. The Morgan fingerprint density at radius 1 is 1.16 bits per heavy atom. The number of aliphatic hydroxyl groups excluding tert-OH is 4. The summed E-state index contributed by atoms with van der Waals surface area (Å²) in [5, 5.41) is 38.0. The fourth-order valence-corrected chi connectivity index (χ4v) is 3.06. The van der Waals surface area contributed by atoms with Gasteiger partial charge in [0.05, 0.1) is 6.61 Å². The zero-order valence-electron chi connectivity index (χ0n) is 10.9. The minimum absolute atomic E-state index is 0.151. The SMILES string of the molecule is CC(=O)CCCCSC1OC(CO)C(O)C(O)C1O. The van der Waals surface area contributed by atoms with Crippen LogP contribution in [-0.4, -0.2) is 68.4 Å². The number of rotatable bonds is 7. The lowest BCUT2D eigenvalue weighted by Gasteiger charge is -2.39. The Morgan fingerprint density at radius 2 is 1.84 bits per heavy atom. The van der Waals surface area contributed by atoms with Crippen LogP contribution in [0, 0.1) is 0 Å². The minimum Gasteiger partial charge on any atom is -0.394 e. The van der Waals surface area contributed by atoms with Crippen LogP contribution in [0.4, 0.5) is 0 Å². The van der Waals surface area contributed by atoms with Crippen molar-refractivity contribution in [2.45, 2.75) is 56.0 Å². The molecule has 0 radical (unpaired) electrons. The van der Waals surface area contributed by atoms with Crippen LogP contribution < -0.4 is 0 Å². The quantitative estimate of drug-likeness (QED) is 0.459. The van der Waals surface area contributed by atoms with Gasteiger partial charge in [-0.1, -0.05) is 0 Å². The van der Waals surface area contributed by atoms with E-state index < -0.39 is 36.5 Å². The number of carbonyl (C=O) groups is 1. The molecule has 0 amide bonds. The van der Waals surface area contributed by atoms with Crippen molar-refractivity contribution in [3.63, 3.8) is 0 Å². The second-order valence-corrected chi connectivity index (χ2v) is 5.93. The number of aliphatic hydroxyl groups is 4. The highest BCUT2D eigenvalue weighted by Crippen LogP contribution is 2.29. The average molecular weight is 294 g/mol. The van der Waals surface area contributed by atoms with Gasteiger partial charge in [0.1, 0.15) is 35.6 Å². The number of hydrogen-bond acceptors (Lipinski definition) is 7. The Morgan fingerprint density at radius 3 is 2.42 bits per heavy atom. The van der Waals surface area contributed by atoms with Gasteiger partial charge < -0.3 is 30.0 Å². The molecule has 5 atom stereocenters. The summed E-state index contributed by atoms with van der Waals surface area (Å²) in [7, 11) is 0. The Hall–Kier alpha value is -0.180. The number of Topliss-reactive ketones (excluding diaryl/α,β-unsaturated/α-hetero) is 1. The Bertz CT molecular complexity index is 285. The number of hydrogen-bond donors (Lipinski definition) is 4. The van der Waals surface area contributed by atoms with E-state index in [4.69, 9.17) is 9.84 Å². The standard InChI is InChI=1S/C12H22O6S/c1-7(14)4-2-3-5-19-12-11(17)10(16)9(15)8(6-13)18-12/h8-13,15-17H,2-6H2,1H3. The van der Waals surface area contributed by atoms with Crippen LogP contribution in [0.3, 0.4) is 0 Å². The monoisotopic (exact) mass is 294 g/mol. The number of thioether (sulfide) groups is 1. The zero-order valence-corrected chi connectivity index (χ0v) is 11.8. The molecular formula is C12H22O6S. The van der Waals surface area contributed by atoms with Gasteiger partial charge in [-0.25, -0.2) is 0 Å². The van der Waals surface area contributed by atoms with Crippen molar-refractivity contribution < 1.29 is 30.0 Å². The molecule has 0 saturated carbocycles. The fourth-order valence-electron chi connectivity index (χ4n) is 1.88. The van der Waals surface area contributed by atoms with Gasteiger partial charge in [-0.2, -0.15) is 0 Å². The second kappa shape index (κ2) is 8.18. The Labute approximate surface area is 116 Å². The average Bonchev–Trinajstić information content (AvgIpc) is 2.37. The molecular weight excluding hydrogens is 272 g/mol. The molecule has 1 fully saturated rings. The molecule has 5 unspecified atom stereocenters. The first-order valence-corrected chi connectivity index (χ1v) is 7.43. The molecule has 19 heavy (non-hydrogen) atoms. The van der Waals surface area contributed by atoms with E-state index >= 15 is 0 Å². The first kappa shape index (κ1) is 16.9. The van der Waals surface area contributed by atoms with Crippen molar-refractivity contribution >= 4 is 17.5 Å². The highest BCUT2D eigenvalue weighted by Gasteiger charge is 2.43. The summed E-state index contributed by atoms with van der Waals surface area (Å²) < 4.78 is 5.34. The first-order chi connectivity index (χ1) is 8.97. The van der Waals surface area contributed by atoms with Crippen molar-refractivity contribution in [2.75, 3.05) is 12.4 Å². The molecule has 112 valence electrons.